The molecule has 16 heavy (non-hydrogen) atoms. The Kier molecular flexibility index (Phi) is 4.12. The van der Waals surface area contributed by atoms with Gasteiger partial charge in [0.1, 0.15) is 19.0 Å². The van der Waals surface area contributed by atoms with Crippen LogP contribution in [0.25, 0.3) is 0 Å². The topological polar surface area (TPSA) is 40.5 Å². The lowest BCUT2D eigenvalue weighted by atomic mass is 10.4. The molecule has 1 aromatic rings. The highest BCUT2D eigenvalue weighted by atomic mass is 28.2. The van der Waals surface area contributed by atoms with Crippen LogP contribution in [0.4, 0.5) is 0 Å². The van der Waals surface area contributed by atoms with E-state index in [9.17, 15) is 10.2 Å². The zero-order valence-corrected chi connectivity index (χ0v) is 12.2. The minimum atomic E-state index is -0.680. The maximum Gasteiger partial charge on any atom is 0.122 e. The van der Waals surface area contributed by atoms with E-state index in [0.29, 0.717) is 19.0 Å². The molecule has 0 saturated heterocycles. The van der Waals surface area contributed by atoms with E-state index in [2.05, 4.69) is 0 Å². The van der Waals surface area contributed by atoms with Crippen LogP contribution >= 0.6 is 0 Å². The molecule has 0 bridgehead atoms. The molecule has 0 amide bonds. The van der Waals surface area contributed by atoms with Crippen LogP contribution in [0.1, 0.15) is 27.7 Å². The van der Waals surface area contributed by atoms with Gasteiger partial charge in [0, 0.05) is 0 Å². The Hall–Kier alpha value is -0.426. The van der Waals surface area contributed by atoms with Crippen molar-refractivity contribution in [3.8, 4) is 0 Å². The molecule has 0 aromatic heterocycles. The molecule has 86 valence electrons. The molecule has 0 unspecified atom stereocenters. The van der Waals surface area contributed by atoms with Gasteiger partial charge in [-0.25, -0.2) is 0 Å². The van der Waals surface area contributed by atoms with Gasteiger partial charge in [-0.3, -0.25) is 0 Å². The summed E-state index contributed by atoms with van der Waals surface area (Å²) in [5, 5.41) is 20.6. The second-order valence-electron chi connectivity index (χ2n) is 4.91. The molecule has 4 heteroatoms. The maximum atomic E-state index is 9.85. The van der Waals surface area contributed by atoms with E-state index in [1.54, 1.807) is 0 Å². The highest BCUT2D eigenvalue weighted by molar-refractivity contribution is 6.68. The second-order valence-corrected chi connectivity index (χ2v) is 8.94. The summed E-state index contributed by atoms with van der Waals surface area (Å²) in [7, 11) is 0.700. The first-order valence-corrected chi connectivity index (χ1v) is 7.27. The molecular weight excluding hydrogens is 232 g/mol. The smallest absolute Gasteiger partial charge is 0.122 e. The fraction of sp³-hybridized carbons (Fsp3) is 0.500. The van der Waals surface area contributed by atoms with Crippen LogP contribution in [0.3, 0.4) is 0 Å². The first-order valence-electron chi connectivity index (χ1n) is 5.27. The second kappa shape index (κ2) is 4.83. The molecular formula is C12H18O2Si2. The van der Waals surface area contributed by atoms with Crippen molar-refractivity contribution >= 4 is 29.4 Å². The van der Waals surface area contributed by atoms with Gasteiger partial charge < -0.3 is 10.2 Å². The minimum absolute atomic E-state index is 0.350. The van der Waals surface area contributed by atoms with Crippen LogP contribution in [0, 0.1) is 0 Å². The van der Waals surface area contributed by atoms with Gasteiger partial charge in [-0.15, -0.1) is 0 Å². The molecule has 1 rings (SSSR count). The van der Waals surface area contributed by atoms with Crippen molar-refractivity contribution in [2.24, 2.45) is 0 Å². The van der Waals surface area contributed by atoms with Crippen LogP contribution in [-0.2, 0) is 0 Å². The quantitative estimate of drug-likeness (QED) is 0.727. The zero-order chi connectivity index (χ0) is 12.4. The largest absolute Gasteiger partial charge is 0.394 e. The van der Waals surface area contributed by atoms with Crippen molar-refractivity contribution < 1.29 is 10.2 Å². The SMILES string of the molecule is CC(C)(O)[Si]c1ccccc1[Si]C(C)(C)O. The van der Waals surface area contributed by atoms with E-state index in [-0.39, 0.29) is 0 Å². The third kappa shape index (κ3) is 5.07. The molecule has 0 spiro atoms. The highest BCUT2D eigenvalue weighted by Crippen LogP contribution is 2.00. The summed E-state index contributed by atoms with van der Waals surface area (Å²) in [5.74, 6) is 0. The third-order valence-corrected chi connectivity index (χ3v) is 4.69. The van der Waals surface area contributed by atoms with Gasteiger partial charge in [0.2, 0.25) is 0 Å². The van der Waals surface area contributed by atoms with Crippen LogP contribution in [0.5, 0.6) is 0 Å². The van der Waals surface area contributed by atoms with E-state index in [0.717, 1.165) is 10.4 Å². The summed E-state index contributed by atoms with van der Waals surface area (Å²) in [6.07, 6.45) is 0. The Morgan fingerprint density at radius 2 is 1.12 bits per heavy atom. The van der Waals surface area contributed by atoms with Crippen molar-refractivity contribution in [2.45, 2.75) is 38.1 Å². The number of hydrogen-bond donors (Lipinski definition) is 2. The summed E-state index contributed by atoms with van der Waals surface area (Å²) < 4.78 is 0. The first-order chi connectivity index (χ1) is 7.17. The minimum Gasteiger partial charge on any atom is -0.394 e. The molecule has 0 fully saturated rings. The number of hydrogen-bond acceptors (Lipinski definition) is 2. The van der Waals surface area contributed by atoms with Crippen molar-refractivity contribution in [1.29, 1.82) is 0 Å². The Labute approximate surface area is 102 Å². The average Bonchev–Trinajstić information content (AvgIpc) is 2.03. The van der Waals surface area contributed by atoms with Gasteiger partial charge in [0.15, 0.2) is 0 Å². The lowest BCUT2D eigenvalue weighted by Gasteiger charge is -2.21. The van der Waals surface area contributed by atoms with E-state index in [4.69, 9.17) is 0 Å². The van der Waals surface area contributed by atoms with Gasteiger partial charge in [-0.2, -0.15) is 0 Å². The summed E-state index contributed by atoms with van der Waals surface area (Å²) >= 11 is 0. The van der Waals surface area contributed by atoms with Crippen molar-refractivity contribution in [3.05, 3.63) is 24.3 Å². The van der Waals surface area contributed by atoms with Gasteiger partial charge in [-0.1, -0.05) is 34.6 Å². The Morgan fingerprint density at radius 3 is 1.38 bits per heavy atom. The predicted octanol–water partition coefficient (Wildman–Crippen LogP) is -0.198. The van der Waals surface area contributed by atoms with E-state index in [1.165, 1.54) is 0 Å². The predicted molar refractivity (Wildman–Crippen MR) is 69.8 cm³/mol. The normalized spacial score (nSPS) is 12.9. The summed E-state index contributed by atoms with van der Waals surface area (Å²) in [6.45, 7) is 7.26. The molecule has 0 atom stereocenters. The molecule has 2 nitrogen and oxygen atoms in total. The van der Waals surface area contributed by atoms with E-state index < -0.39 is 10.4 Å². The monoisotopic (exact) mass is 250 g/mol. The van der Waals surface area contributed by atoms with Crippen molar-refractivity contribution in [2.75, 3.05) is 0 Å². The standard InChI is InChI=1S/C12H18O2Si2/c1-11(2,13)15-9-7-5-6-8-10(9)16-12(3,4)14/h5-8,13-14H,1-4H3. The zero-order valence-electron chi connectivity index (χ0n) is 10.2. The Bertz CT molecular complexity index is 316. The lowest BCUT2D eigenvalue weighted by Crippen LogP contribution is -2.49. The Morgan fingerprint density at radius 1 is 0.812 bits per heavy atom. The molecule has 0 heterocycles. The van der Waals surface area contributed by atoms with Crippen LogP contribution < -0.4 is 10.4 Å². The first kappa shape index (κ1) is 13.6. The molecule has 4 radical (unpaired) electrons. The van der Waals surface area contributed by atoms with Gasteiger partial charge in [-0.05, 0) is 27.7 Å². The summed E-state index contributed by atoms with van der Waals surface area (Å²) in [6, 6.07) is 8.02. The average molecular weight is 250 g/mol. The van der Waals surface area contributed by atoms with Gasteiger partial charge >= 0.3 is 0 Å². The Balaban J connectivity index is 2.92. The molecule has 0 aliphatic heterocycles. The number of rotatable bonds is 4. The molecule has 0 aliphatic rings. The van der Waals surface area contributed by atoms with Crippen LogP contribution in [-0.4, -0.2) is 39.7 Å². The van der Waals surface area contributed by atoms with E-state index >= 15 is 0 Å². The summed E-state index contributed by atoms with van der Waals surface area (Å²) in [4.78, 5) is 0. The number of aliphatic hydroxyl groups is 2. The fourth-order valence-corrected chi connectivity index (χ4v) is 3.85. The summed E-state index contributed by atoms with van der Waals surface area (Å²) in [5.41, 5.74) is 0. The van der Waals surface area contributed by atoms with Gasteiger partial charge in [0.05, 0.1) is 10.4 Å². The van der Waals surface area contributed by atoms with E-state index in [1.807, 2.05) is 52.0 Å². The van der Waals surface area contributed by atoms with Crippen molar-refractivity contribution in [1.82, 2.24) is 0 Å². The molecule has 0 saturated carbocycles. The maximum absolute atomic E-state index is 9.85. The van der Waals surface area contributed by atoms with Crippen LogP contribution in [0.2, 0.25) is 0 Å². The molecule has 1 aromatic carbocycles. The number of benzene rings is 1. The van der Waals surface area contributed by atoms with Crippen LogP contribution in [0.15, 0.2) is 24.3 Å². The fourth-order valence-electron chi connectivity index (χ4n) is 1.36. The molecule has 2 N–H and O–H groups in total. The van der Waals surface area contributed by atoms with Gasteiger partial charge in [0.25, 0.3) is 0 Å². The molecule has 0 aliphatic carbocycles. The lowest BCUT2D eigenvalue weighted by molar-refractivity contribution is 0.166. The third-order valence-electron chi connectivity index (χ3n) is 1.81. The highest BCUT2D eigenvalue weighted by Gasteiger charge is 2.21. The van der Waals surface area contributed by atoms with Crippen molar-refractivity contribution in [3.63, 3.8) is 0 Å².